The lowest BCUT2D eigenvalue weighted by Crippen LogP contribution is -2.38. The van der Waals surface area contributed by atoms with Crippen LogP contribution in [0.4, 0.5) is 5.69 Å². The maximum Gasteiger partial charge on any atom is 0.338 e. The third kappa shape index (κ3) is 4.64. The number of esters is 1. The highest BCUT2D eigenvalue weighted by Gasteiger charge is 2.36. The summed E-state index contributed by atoms with van der Waals surface area (Å²) in [6.45, 7) is -0.0619. The van der Waals surface area contributed by atoms with E-state index in [0.29, 0.717) is 26.9 Å². The van der Waals surface area contributed by atoms with Crippen LogP contribution >= 0.6 is 24.0 Å². The minimum Gasteiger partial charge on any atom is -0.452 e. The highest BCUT2D eigenvalue weighted by Crippen LogP contribution is 2.28. The van der Waals surface area contributed by atoms with Crippen molar-refractivity contribution in [2.45, 2.75) is 0 Å². The molecule has 0 atom stereocenters. The Labute approximate surface area is 198 Å². The highest BCUT2D eigenvalue weighted by atomic mass is 32.2. The van der Waals surface area contributed by atoms with Gasteiger partial charge >= 0.3 is 5.97 Å². The monoisotopic (exact) mass is 483 g/mol. The largest absolute Gasteiger partial charge is 0.452 e. The van der Waals surface area contributed by atoms with Crippen molar-refractivity contribution in [2.24, 2.45) is 0 Å². The first-order valence-electron chi connectivity index (χ1n) is 9.85. The third-order valence-corrected chi connectivity index (χ3v) is 6.42. The van der Waals surface area contributed by atoms with Crippen LogP contribution in [0.1, 0.15) is 31.1 Å². The van der Waals surface area contributed by atoms with E-state index in [1.807, 2.05) is 0 Å². The van der Waals surface area contributed by atoms with Gasteiger partial charge in [-0.25, -0.2) is 9.69 Å². The SMILES string of the molecule is O=C(COC(=O)c1ccc(N2C(=O)c3ccccc3C2=O)cc1)NCCN1C(=O)CSC1=S. The summed E-state index contributed by atoms with van der Waals surface area (Å²) < 4.78 is 5.48. The molecule has 0 unspecified atom stereocenters. The van der Waals surface area contributed by atoms with E-state index in [0.717, 1.165) is 4.90 Å². The standard InChI is InChI=1S/C22H17N3O6S2/c26-17(23-9-10-24-18(27)12-33-22(24)32)11-31-21(30)13-5-7-14(8-6-13)25-19(28)15-3-1-2-4-16(15)20(25)29/h1-8H,9-12H2,(H,23,26). The molecule has 1 saturated heterocycles. The molecule has 2 aromatic carbocycles. The lowest BCUT2D eigenvalue weighted by atomic mass is 10.1. The number of rotatable bonds is 7. The summed E-state index contributed by atoms with van der Waals surface area (Å²) in [5.41, 5.74) is 1.13. The number of amides is 4. The second-order valence-corrected chi connectivity index (χ2v) is 8.67. The van der Waals surface area contributed by atoms with E-state index in [4.69, 9.17) is 17.0 Å². The Hall–Kier alpha value is -3.57. The van der Waals surface area contributed by atoms with Crippen molar-refractivity contribution in [3.05, 3.63) is 65.2 Å². The van der Waals surface area contributed by atoms with E-state index >= 15 is 0 Å². The number of nitrogens with zero attached hydrogens (tertiary/aromatic N) is 2. The molecule has 0 saturated carbocycles. The van der Waals surface area contributed by atoms with Gasteiger partial charge in [-0.3, -0.25) is 24.1 Å². The number of anilines is 1. The molecule has 0 aromatic heterocycles. The number of thiocarbonyl (C=S) groups is 1. The third-order valence-electron chi connectivity index (χ3n) is 4.99. The molecule has 2 aromatic rings. The Morgan fingerprint density at radius 3 is 2.21 bits per heavy atom. The molecule has 168 valence electrons. The Kier molecular flexibility index (Phi) is 6.52. The lowest BCUT2D eigenvalue weighted by Gasteiger charge is -2.15. The number of hydrogen-bond donors (Lipinski definition) is 1. The average Bonchev–Trinajstić information content (AvgIpc) is 3.28. The number of nitrogens with one attached hydrogen (secondary N) is 1. The Balaban J connectivity index is 1.28. The van der Waals surface area contributed by atoms with Crippen LogP contribution in [0.15, 0.2) is 48.5 Å². The second kappa shape index (κ2) is 9.51. The molecule has 0 bridgehead atoms. The molecule has 11 heteroatoms. The summed E-state index contributed by atoms with van der Waals surface area (Å²) in [6.07, 6.45) is 0. The number of benzene rings is 2. The Bertz CT molecular complexity index is 1130. The van der Waals surface area contributed by atoms with E-state index in [2.05, 4.69) is 5.32 Å². The molecule has 4 amide bonds. The van der Waals surface area contributed by atoms with E-state index in [-0.39, 0.29) is 24.6 Å². The second-order valence-electron chi connectivity index (χ2n) is 7.06. The quantitative estimate of drug-likeness (QED) is 0.359. The van der Waals surface area contributed by atoms with Gasteiger partial charge in [0.25, 0.3) is 17.7 Å². The summed E-state index contributed by atoms with van der Waals surface area (Å²) in [5.74, 6) is -1.91. The van der Waals surface area contributed by atoms with Crippen molar-refractivity contribution in [1.29, 1.82) is 0 Å². The average molecular weight is 484 g/mol. The van der Waals surface area contributed by atoms with Gasteiger partial charge in [-0.05, 0) is 36.4 Å². The molecule has 0 aliphatic carbocycles. The maximum absolute atomic E-state index is 12.5. The van der Waals surface area contributed by atoms with E-state index in [1.54, 1.807) is 24.3 Å². The topological polar surface area (TPSA) is 113 Å². The molecule has 4 rings (SSSR count). The van der Waals surface area contributed by atoms with Crippen molar-refractivity contribution in [3.8, 4) is 0 Å². The van der Waals surface area contributed by atoms with Crippen LogP contribution < -0.4 is 10.2 Å². The van der Waals surface area contributed by atoms with Gasteiger partial charge in [-0.1, -0.05) is 36.1 Å². The van der Waals surface area contributed by atoms with Crippen molar-refractivity contribution in [3.63, 3.8) is 0 Å². The van der Waals surface area contributed by atoms with E-state index in [9.17, 15) is 24.0 Å². The summed E-state index contributed by atoms with van der Waals surface area (Å²) in [4.78, 5) is 63.3. The van der Waals surface area contributed by atoms with Crippen LogP contribution in [0.2, 0.25) is 0 Å². The van der Waals surface area contributed by atoms with Crippen LogP contribution in [-0.4, -0.2) is 64.3 Å². The summed E-state index contributed by atoms with van der Waals surface area (Å²) in [7, 11) is 0. The highest BCUT2D eigenvalue weighted by molar-refractivity contribution is 8.23. The number of imide groups is 1. The van der Waals surface area contributed by atoms with Crippen molar-refractivity contribution >= 4 is 63.6 Å². The van der Waals surface area contributed by atoms with Crippen LogP contribution in [0.25, 0.3) is 0 Å². The number of carbonyl (C=O) groups is 5. The van der Waals surface area contributed by atoms with E-state index < -0.39 is 30.3 Å². The number of carbonyl (C=O) groups excluding carboxylic acids is 5. The summed E-state index contributed by atoms with van der Waals surface area (Å²) in [5, 5.41) is 2.56. The van der Waals surface area contributed by atoms with Gasteiger partial charge < -0.3 is 10.1 Å². The zero-order valence-electron chi connectivity index (χ0n) is 17.1. The van der Waals surface area contributed by atoms with Crippen LogP contribution in [0.5, 0.6) is 0 Å². The molecule has 0 radical (unpaired) electrons. The number of thioether (sulfide) groups is 1. The fourth-order valence-electron chi connectivity index (χ4n) is 3.34. The summed E-state index contributed by atoms with van der Waals surface area (Å²) >= 11 is 6.33. The van der Waals surface area contributed by atoms with Gasteiger partial charge in [0.05, 0.1) is 28.1 Å². The number of fused-ring (bicyclic) bond motifs is 1. The number of hydrogen-bond acceptors (Lipinski definition) is 8. The predicted octanol–water partition coefficient (Wildman–Crippen LogP) is 1.62. The molecule has 1 fully saturated rings. The molecule has 2 aliphatic heterocycles. The number of ether oxygens (including phenoxy) is 1. The van der Waals surface area contributed by atoms with Crippen LogP contribution in [0, 0.1) is 0 Å². The van der Waals surface area contributed by atoms with Crippen LogP contribution in [0.3, 0.4) is 0 Å². The van der Waals surface area contributed by atoms with Crippen molar-refractivity contribution < 1.29 is 28.7 Å². The van der Waals surface area contributed by atoms with Gasteiger partial charge in [-0.15, -0.1) is 0 Å². The lowest BCUT2D eigenvalue weighted by molar-refractivity contribution is -0.126. The first-order chi connectivity index (χ1) is 15.9. The van der Waals surface area contributed by atoms with Gasteiger partial charge in [-0.2, -0.15) is 0 Å². The molecule has 2 aliphatic rings. The van der Waals surface area contributed by atoms with Gasteiger partial charge in [0.2, 0.25) is 5.91 Å². The fraction of sp³-hybridized carbons (Fsp3) is 0.182. The van der Waals surface area contributed by atoms with E-state index in [1.165, 1.54) is 40.9 Å². The minimum atomic E-state index is -0.730. The molecular weight excluding hydrogens is 466 g/mol. The van der Waals surface area contributed by atoms with Gasteiger partial charge in [0.1, 0.15) is 4.32 Å². The molecule has 2 heterocycles. The van der Waals surface area contributed by atoms with Gasteiger partial charge in [0.15, 0.2) is 6.61 Å². The normalized spacial score (nSPS) is 15.2. The summed E-state index contributed by atoms with van der Waals surface area (Å²) in [6, 6.07) is 12.3. The zero-order chi connectivity index (χ0) is 23.5. The fourth-order valence-corrected chi connectivity index (χ4v) is 4.46. The first kappa shape index (κ1) is 22.6. The smallest absolute Gasteiger partial charge is 0.338 e. The molecule has 1 N–H and O–H groups in total. The predicted molar refractivity (Wildman–Crippen MR) is 124 cm³/mol. The van der Waals surface area contributed by atoms with Crippen molar-refractivity contribution in [1.82, 2.24) is 10.2 Å². The first-order valence-corrected chi connectivity index (χ1v) is 11.2. The maximum atomic E-state index is 12.5. The Morgan fingerprint density at radius 2 is 1.64 bits per heavy atom. The zero-order valence-corrected chi connectivity index (χ0v) is 18.7. The van der Waals surface area contributed by atoms with Gasteiger partial charge in [0, 0.05) is 13.1 Å². The molecular formula is C22H17N3O6S2. The molecule has 33 heavy (non-hydrogen) atoms. The van der Waals surface area contributed by atoms with Crippen LogP contribution in [-0.2, 0) is 14.3 Å². The molecule has 9 nitrogen and oxygen atoms in total. The minimum absolute atomic E-state index is 0.102. The molecule has 0 spiro atoms. The Morgan fingerprint density at radius 1 is 1.00 bits per heavy atom. The van der Waals surface area contributed by atoms with Crippen molar-refractivity contribution in [2.75, 3.05) is 30.3 Å².